The van der Waals surface area contributed by atoms with Crippen LogP contribution in [0.1, 0.15) is 20.8 Å². The van der Waals surface area contributed by atoms with Gasteiger partial charge in [-0.25, -0.2) is 0 Å². The highest BCUT2D eigenvalue weighted by Gasteiger charge is 2.24. The normalized spacial score (nSPS) is 11.9. The van der Waals surface area contributed by atoms with Gasteiger partial charge in [-0.05, 0) is 35.2 Å². The van der Waals surface area contributed by atoms with Crippen LogP contribution in [-0.4, -0.2) is 22.8 Å². The third kappa shape index (κ3) is 4.56. The number of para-hydroxylation sites is 1. The molecule has 0 spiro atoms. The minimum atomic E-state index is -0.743. The molecule has 0 saturated carbocycles. The number of nitrogens with one attached hydrogen (secondary N) is 3. The van der Waals surface area contributed by atoms with Crippen molar-refractivity contribution in [1.82, 2.24) is 15.6 Å². The van der Waals surface area contributed by atoms with Crippen molar-refractivity contribution in [2.45, 2.75) is 19.0 Å². The van der Waals surface area contributed by atoms with Crippen molar-refractivity contribution in [2.24, 2.45) is 0 Å². The van der Waals surface area contributed by atoms with E-state index in [0.29, 0.717) is 23.6 Å². The third-order valence-corrected chi connectivity index (χ3v) is 6.06. The number of thiophene rings is 1. The highest BCUT2D eigenvalue weighted by Crippen LogP contribution is 2.20. The summed E-state index contributed by atoms with van der Waals surface area (Å²) in [4.78, 5) is 30.1. The number of H-pyrrole nitrogens is 1. The second-order valence-corrected chi connectivity index (χ2v) is 8.31. The largest absolute Gasteiger partial charge is 0.361 e. The standard InChI is InChI=1S/C23H20ClN3O2S/c24-19-9-3-1-8-18(19)22(28)27-21(23(29)26-14-16-6-5-11-30-16)12-15-13-25-20-10-4-2-7-17(15)20/h1-11,13,21,25H,12,14H2,(H,26,29)(H,27,28). The van der Waals surface area contributed by atoms with Crippen LogP contribution in [0.3, 0.4) is 0 Å². The highest BCUT2D eigenvalue weighted by molar-refractivity contribution is 7.09. The first kappa shape index (κ1) is 20.2. The maximum absolute atomic E-state index is 13.0. The van der Waals surface area contributed by atoms with E-state index in [1.807, 2.05) is 48.0 Å². The summed E-state index contributed by atoms with van der Waals surface area (Å²) >= 11 is 7.74. The van der Waals surface area contributed by atoms with Gasteiger partial charge < -0.3 is 15.6 Å². The van der Waals surface area contributed by atoms with E-state index in [9.17, 15) is 9.59 Å². The lowest BCUT2D eigenvalue weighted by atomic mass is 10.0. The molecule has 0 aliphatic carbocycles. The number of carbonyl (C=O) groups is 2. The molecule has 2 amide bonds. The number of hydrogen-bond acceptors (Lipinski definition) is 3. The zero-order valence-electron chi connectivity index (χ0n) is 16.0. The molecule has 0 radical (unpaired) electrons. The van der Waals surface area contributed by atoms with E-state index >= 15 is 0 Å². The summed E-state index contributed by atoms with van der Waals surface area (Å²) in [6.07, 6.45) is 2.24. The van der Waals surface area contributed by atoms with Crippen LogP contribution in [0.4, 0.5) is 0 Å². The zero-order chi connectivity index (χ0) is 20.9. The molecule has 0 bridgehead atoms. The quantitative estimate of drug-likeness (QED) is 0.397. The highest BCUT2D eigenvalue weighted by atomic mass is 35.5. The minimum absolute atomic E-state index is 0.242. The minimum Gasteiger partial charge on any atom is -0.361 e. The second kappa shape index (κ2) is 9.15. The van der Waals surface area contributed by atoms with Crippen LogP contribution in [0.25, 0.3) is 10.9 Å². The first-order chi connectivity index (χ1) is 14.6. The molecule has 2 aromatic carbocycles. The van der Waals surface area contributed by atoms with Crippen molar-refractivity contribution in [3.8, 4) is 0 Å². The van der Waals surface area contributed by atoms with Gasteiger partial charge in [-0.2, -0.15) is 0 Å². The number of aromatic amines is 1. The van der Waals surface area contributed by atoms with Gasteiger partial charge in [-0.1, -0.05) is 48.0 Å². The average Bonchev–Trinajstić information content (AvgIpc) is 3.42. The Hall–Kier alpha value is -3.09. The van der Waals surface area contributed by atoms with Gasteiger partial charge in [0.15, 0.2) is 0 Å². The molecule has 1 atom stereocenters. The first-order valence-electron chi connectivity index (χ1n) is 9.52. The van der Waals surface area contributed by atoms with Crippen LogP contribution >= 0.6 is 22.9 Å². The summed E-state index contributed by atoms with van der Waals surface area (Å²) in [5.41, 5.74) is 2.29. The Morgan fingerprint density at radius 3 is 2.63 bits per heavy atom. The monoisotopic (exact) mass is 437 g/mol. The molecule has 3 N–H and O–H groups in total. The van der Waals surface area contributed by atoms with E-state index in [2.05, 4.69) is 15.6 Å². The van der Waals surface area contributed by atoms with Gasteiger partial charge >= 0.3 is 0 Å². The van der Waals surface area contributed by atoms with Gasteiger partial charge in [0.2, 0.25) is 5.91 Å². The molecule has 152 valence electrons. The van der Waals surface area contributed by atoms with Crippen LogP contribution in [0.2, 0.25) is 5.02 Å². The fourth-order valence-corrected chi connectivity index (χ4v) is 4.19. The molecular formula is C23H20ClN3O2S. The van der Waals surface area contributed by atoms with Crippen LogP contribution in [-0.2, 0) is 17.8 Å². The van der Waals surface area contributed by atoms with E-state index in [1.165, 1.54) is 0 Å². The van der Waals surface area contributed by atoms with Crippen LogP contribution in [0.15, 0.2) is 72.2 Å². The number of rotatable bonds is 7. The Morgan fingerprint density at radius 2 is 1.83 bits per heavy atom. The van der Waals surface area contributed by atoms with E-state index in [4.69, 9.17) is 11.6 Å². The first-order valence-corrected chi connectivity index (χ1v) is 10.8. The number of benzene rings is 2. The van der Waals surface area contributed by atoms with Gasteiger partial charge in [0.05, 0.1) is 17.1 Å². The average molecular weight is 438 g/mol. The summed E-state index contributed by atoms with van der Waals surface area (Å²) in [6.45, 7) is 0.419. The van der Waals surface area contributed by atoms with Gasteiger partial charge in [-0.3, -0.25) is 9.59 Å². The molecule has 30 heavy (non-hydrogen) atoms. The Bertz CT molecular complexity index is 1170. The molecule has 5 nitrogen and oxygen atoms in total. The molecule has 4 rings (SSSR count). The van der Waals surface area contributed by atoms with E-state index in [1.54, 1.807) is 35.6 Å². The lowest BCUT2D eigenvalue weighted by molar-refractivity contribution is -0.123. The Morgan fingerprint density at radius 1 is 1.03 bits per heavy atom. The fraction of sp³-hybridized carbons (Fsp3) is 0.130. The molecule has 4 aromatic rings. The topological polar surface area (TPSA) is 74.0 Å². The van der Waals surface area contributed by atoms with Gasteiger partial charge in [-0.15, -0.1) is 11.3 Å². The van der Waals surface area contributed by atoms with Crippen molar-refractivity contribution >= 4 is 45.7 Å². The molecule has 0 fully saturated rings. The van der Waals surface area contributed by atoms with Gasteiger partial charge in [0, 0.05) is 28.4 Å². The molecule has 2 heterocycles. The SMILES string of the molecule is O=C(NC(Cc1c[nH]c2ccccc12)C(=O)NCc1cccs1)c1ccccc1Cl. The number of aromatic nitrogens is 1. The molecular weight excluding hydrogens is 418 g/mol. The summed E-state index contributed by atoms with van der Waals surface area (Å²) in [6, 6.07) is 17.8. The lowest BCUT2D eigenvalue weighted by Gasteiger charge is -2.19. The van der Waals surface area contributed by atoms with Gasteiger partial charge in [0.25, 0.3) is 5.91 Å². The molecule has 0 aliphatic rings. The summed E-state index contributed by atoms with van der Waals surface area (Å²) in [5.74, 6) is -0.620. The van der Waals surface area contributed by atoms with Crippen molar-refractivity contribution in [2.75, 3.05) is 0 Å². The van der Waals surface area contributed by atoms with Crippen LogP contribution < -0.4 is 10.6 Å². The van der Waals surface area contributed by atoms with Crippen LogP contribution in [0.5, 0.6) is 0 Å². The summed E-state index contributed by atoms with van der Waals surface area (Å²) < 4.78 is 0. The third-order valence-electron chi connectivity index (χ3n) is 4.86. The van der Waals surface area contributed by atoms with Crippen molar-refractivity contribution < 1.29 is 9.59 Å². The molecule has 0 saturated heterocycles. The number of fused-ring (bicyclic) bond motifs is 1. The Kier molecular flexibility index (Phi) is 6.16. The molecule has 0 aliphatic heterocycles. The maximum Gasteiger partial charge on any atom is 0.253 e. The number of hydrogen-bond donors (Lipinski definition) is 3. The van der Waals surface area contributed by atoms with Gasteiger partial charge in [0.1, 0.15) is 6.04 Å². The number of halogens is 1. The lowest BCUT2D eigenvalue weighted by Crippen LogP contribution is -2.47. The molecule has 1 unspecified atom stereocenters. The summed E-state index contributed by atoms with van der Waals surface area (Å²) in [7, 11) is 0. The number of carbonyl (C=O) groups excluding carboxylic acids is 2. The molecule has 2 aromatic heterocycles. The smallest absolute Gasteiger partial charge is 0.253 e. The Balaban J connectivity index is 1.56. The molecule has 7 heteroatoms. The fourth-order valence-electron chi connectivity index (χ4n) is 3.32. The van der Waals surface area contributed by atoms with Crippen molar-refractivity contribution in [1.29, 1.82) is 0 Å². The summed E-state index contributed by atoms with van der Waals surface area (Å²) in [5, 5.41) is 9.13. The zero-order valence-corrected chi connectivity index (χ0v) is 17.6. The van der Waals surface area contributed by atoms with Crippen LogP contribution in [0, 0.1) is 0 Å². The Labute approximate surface area is 183 Å². The second-order valence-electron chi connectivity index (χ2n) is 6.87. The van der Waals surface area contributed by atoms with Crippen molar-refractivity contribution in [3.63, 3.8) is 0 Å². The predicted octanol–water partition coefficient (Wildman–Crippen LogP) is 4.54. The number of amides is 2. The van der Waals surface area contributed by atoms with E-state index in [-0.39, 0.29) is 11.8 Å². The van der Waals surface area contributed by atoms with E-state index < -0.39 is 6.04 Å². The predicted molar refractivity (Wildman–Crippen MR) is 121 cm³/mol. The maximum atomic E-state index is 13.0. The van der Waals surface area contributed by atoms with Crippen molar-refractivity contribution in [3.05, 3.63) is 93.3 Å². The van der Waals surface area contributed by atoms with E-state index in [0.717, 1.165) is 21.3 Å².